The van der Waals surface area contributed by atoms with Crippen molar-refractivity contribution >= 4 is 0 Å². The number of hydrogen-bond acceptors (Lipinski definition) is 2. The fourth-order valence-corrected chi connectivity index (χ4v) is 0.884. The highest BCUT2D eigenvalue weighted by molar-refractivity contribution is 5.08. The Morgan fingerprint density at radius 1 is 1.70 bits per heavy atom. The summed E-state index contributed by atoms with van der Waals surface area (Å²) in [6.45, 7) is 6.90. The van der Waals surface area contributed by atoms with E-state index in [0.717, 1.165) is 19.8 Å². The standard InChI is InChI=1S/C8H15NO/c1-7(2)9-5-8-3-4-10-6-8/h3,7,9H,4-6H2,1-2H3. The van der Waals surface area contributed by atoms with Gasteiger partial charge in [0.1, 0.15) is 0 Å². The van der Waals surface area contributed by atoms with E-state index in [1.54, 1.807) is 0 Å². The first-order chi connectivity index (χ1) is 4.79. The van der Waals surface area contributed by atoms with Gasteiger partial charge in [-0.25, -0.2) is 0 Å². The highest BCUT2D eigenvalue weighted by Crippen LogP contribution is 2.01. The van der Waals surface area contributed by atoms with Gasteiger partial charge in [-0.3, -0.25) is 0 Å². The van der Waals surface area contributed by atoms with Gasteiger partial charge in [-0.2, -0.15) is 0 Å². The molecule has 0 fully saturated rings. The second-order valence-electron chi connectivity index (χ2n) is 2.91. The molecule has 0 aromatic carbocycles. The van der Waals surface area contributed by atoms with Crippen molar-refractivity contribution < 1.29 is 4.74 Å². The van der Waals surface area contributed by atoms with Crippen molar-refractivity contribution in [3.8, 4) is 0 Å². The molecule has 10 heavy (non-hydrogen) atoms. The van der Waals surface area contributed by atoms with Crippen LogP contribution in [0.5, 0.6) is 0 Å². The molecule has 0 saturated heterocycles. The Labute approximate surface area is 62.3 Å². The van der Waals surface area contributed by atoms with Crippen LogP contribution in [0.25, 0.3) is 0 Å². The minimum atomic E-state index is 0.571. The van der Waals surface area contributed by atoms with Crippen molar-refractivity contribution in [1.82, 2.24) is 5.32 Å². The highest BCUT2D eigenvalue weighted by Gasteiger charge is 2.03. The molecule has 0 spiro atoms. The van der Waals surface area contributed by atoms with Gasteiger partial charge in [0.05, 0.1) is 13.2 Å². The van der Waals surface area contributed by atoms with Gasteiger partial charge in [0.2, 0.25) is 0 Å². The molecule has 0 aromatic rings. The van der Waals surface area contributed by atoms with Crippen molar-refractivity contribution in [2.75, 3.05) is 19.8 Å². The van der Waals surface area contributed by atoms with Crippen molar-refractivity contribution in [1.29, 1.82) is 0 Å². The summed E-state index contributed by atoms with van der Waals surface area (Å²) in [7, 11) is 0. The van der Waals surface area contributed by atoms with Crippen molar-refractivity contribution in [2.24, 2.45) is 0 Å². The SMILES string of the molecule is CC(C)NCC1=CCOC1. The van der Waals surface area contributed by atoms with Crippen LogP contribution in [0.4, 0.5) is 0 Å². The number of rotatable bonds is 3. The third kappa shape index (κ3) is 2.50. The van der Waals surface area contributed by atoms with E-state index in [2.05, 4.69) is 25.2 Å². The van der Waals surface area contributed by atoms with E-state index in [1.807, 2.05) is 0 Å². The smallest absolute Gasteiger partial charge is 0.0694 e. The molecule has 2 nitrogen and oxygen atoms in total. The van der Waals surface area contributed by atoms with Gasteiger partial charge < -0.3 is 10.1 Å². The molecule has 1 rings (SSSR count). The minimum Gasteiger partial charge on any atom is -0.373 e. The highest BCUT2D eigenvalue weighted by atomic mass is 16.5. The molecule has 0 aromatic heterocycles. The van der Waals surface area contributed by atoms with Gasteiger partial charge in [-0.05, 0) is 5.57 Å². The van der Waals surface area contributed by atoms with E-state index < -0.39 is 0 Å². The van der Waals surface area contributed by atoms with Gasteiger partial charge in [-0.1, -0.05) is 19.9 Å². The topological polar surface area (TPSA) is 21.3 Å². The van der Waals surface area contributed by atoms with Crippen LogP contribution in [-0.2, 0) is 4.74 Å². The molecular formula is C8H15NO. The van der Waals surface area contributed by atoms with Crippen LogP contribution in [-0.4, -0.2) is 25.8 Å². The summed E-state index contributed by atoms with van der Waals surface area (Å²) in [6.07, 6.45) is 2.15. The second kappa shape index (κ2) is 3.74. The number of ether oxygens (including phenoxy) is 1. The van der Waals surface area contributed by atoms with E-state index in [-0.39, 0.29) is 0 Å². The second-order valence-corrected chi connectivity index (χ2v) is 2.91. The minimum absolute atomic E-state index is 0.571. The molecule has 1 heterocycles. The Morgan fingerprint density at radius 2 is 2.50 bits per heavy atom. The molecule has 0 aliphatic carbocycles. The summed E-state index contributed by atoms with van der Waals surface area (Å²) in [4.78, 5) is 0. The van der Waals surface area contributed by atoms with Crippen LogP contribution in [0, 0.1) is 0 Å². The summed E-state index contributed by atoms with van der Waals surface area (Å²) >= 11 is 0. The maximum Gasteiger partial charge on any atom is 0.0694 e. The Kier molecular flexibility index (Phi) is 2.90. The lowest BCUT2D eigenvalue weighted by atomic mass is 10.2. The molecular weight excluding hydrogens is 126 g/mol. The zero-order chi connectivity index (χ0) is 7.40. The lowest BCUT2D eigenvalue weighted by molar-refractivity contribution is 0.207. The molecule has 1 aliphatic rings. The predicted octanol–water partition coefficient (Wildman–Crippen LogP) is 0.941. The van der Waals surface area contributed by atoms with Gasteiger partial charge in [0, 0.05) is 12.6 Å². The Hall–Kier alpha value is -0.340. The van der Waals surface area contributed by atoms with Gasteiger partial charge in [0.15, 0.2) is 0 Å². The van der Waals surface area contributed by atoms with E-state index in [1.165, 1.54) is 5.57 Å². The maximum atomic E-state index is 5.16. The summed E-state index contributed by atoms with van der Waals surface area (Å²) < 4.78 is 5.16. The molecule has 1 aliphatic heterocycles. The zero-order valence-electron chi connectivity index (χ0n) is 6.68. The lowest BCUT2D eigenvalue weighted by Crippen LogP contribution is -2.25. The van der Waals surface area contributed by atoms with Gasteiger partial charge in [-0.15, -0.1) is 0 Å². The molecule has 0 radical (unpaired) electrons. The van der Waals surface area contributed by atoms with Crippen molar-refractivity contribution in [3.63, 3.8) is 0 Å². The molecule has 2 heteroatoms. The molecule has 0 atom stereocenters. The fourth-order valence-electron chi connectivity index (χ4n) is 0.884. The maximum absolute atomic E-state index is 5.16. The number of nitrogens with one attached hydrogen (secondary N) is 1. The molecule has 0 amide bonds. The van der Waals surface area contributed by atoms with E-state index in [9.17, 15) is 0 Å². The largest absolute Gasteiger partial charge is 0.373 e. The zero-order valence-corrected chi connectivity index (χ0v) is 6.68. The van der Waals surface area contributed by atoms with Crippen LogP contribution in [0.3, 0.4) is 0 Å². The summed E-state index contributed by atoms with van der Waals surface area (Å²) in [5.41, 5.74) is 1.38. The Bertz CT molecular complexity index is 129. The molecule has 58 valence electrons. The van der Waals surface area contributed by atoms with Crippen LogP contribution in [0.2, 0.25) is 0 Å². The monoisotopic (exact) mass is 141 g/mol. The third-order valence-corrected chi connectivity index (χ3v) is 1.51. The third-order valence-electron chi connectivity index (χ3n) is 1.51. The summed E-state index contributed by atoms with van der Waals surface area (Å²) in [5.74, 6) is 0. The molecule has 0 bridgehead atoms. The van der Waals surface area contributed by atoms with Crippen LogP contribution >= 0.6 is 0 Å². The van der Waals surface area contributed by atoms with E-state index in [4.69, 9.17) is 4.74 Å². The van der Waals surface area contributed by atoms with Crippen molar-refractivity contribution in [3.05, 3.63) is 11.6 Å². The van der Waals surface area contributed by atoms with E-state index in [0.29, 0.717) is 6.04 Å². The van der Waals surface area contributed by atoms with Crippen LogP contribution in [0.15, 0.2) is 11.6 Å². The summed E-state index contributed by atoms with van der Waals surface area (Å²) in [6, 6.07) is 0.571. The van der Waals surface area contributed by atoms with Crippen molar-refractivity contribution in [2.45, 2.75) is 19.9 Å². The lowest BCUT2D eigenvalue weighted by Gasteiger charge is -2.07. The Morgan fingerprint density at radius 3 is 3.00 bits per heavy atom. The average Bonchev–Trinajstić information content (AvgIpc) is 2.34. The normalized spacial score (nSPS) is 18.1. The summed E-state index contributed by atoms with van der Waals surface area (Å²) in [5, 5.41) is 3.34. The van der Waals surface area contributed by atoms with E-state index >= 15 is 0 Å². The first-order valence-corrected chi connectivity index (χ1v) is 3.78. The fraction of sp³-hybridized carbons (Fsp3) is 0.750. The quantitative estimate of drug-likeness (QED) is 0.591. The first kappa shape index (κ1) is 7.76. The average molecular weight is 141 g/mol. The molecule has 0 unspecified atom stereocenters. The predicted molar refractivity (Wildman–Crippen MR) is 42.0 cm³/mol. The van der Waals surface area contributed by atoms with Gasteiger partial charge >= 0.3 is 0 Å². The number of hydrogen-bond donors (Lipinski definition) is 1. The molecule has 0 saturated carbocycles. The first-order valence-electron chi connectivity index (χ1n) is 3.78. The van der Waals surface area contributed by atoms with Crippen LogP contribution in [0.1, 0.15) is 13.8 Å². The van der Waals surface area contributed by atoms with Crippen LogP contribution < -0.4 is 5.32 Å². The van der Waals surface area contributed by atoms with Gasteiger partial charge in [0.25, 0.3) is 0 Å². The molecule has 1 N–H and O–H groups in total. The Balaban J connectivity index is 2.13.